The molecule has 5 nitrogen and oxygen atoms in total. The predicted octanol–water partition coefficient (Wildman–Crippen LogP) is 3.86. The Morgan fingerprint density at radius 1 is 0.935 bits per heavy atom. The van der Waals surface area contributed by atoms with Crippen LogP contribution in [0.25, 0.3) is 0 Å². The molecule has 1 N–H and O–H groups in total. The van der Waals surface area contributed by atoms with E-state index < -0.39 is 5.41 Å². The fourth-order valence-electron chi connectivity index (χ4n) is 4.23. The lowest BCUT2D eigenvalue weighted by Crippen LogP contribution is -2.50. The predicted molar refractivity (Wildman–Crippen MR) is 122 cm³/mol. The van der Waals surface area contributed by atoms with E-state index in [9.17, 15) is 14.4 Å². The Kier molecular flexibility index (Phi) is 6.63. The van der Waals surface area contributed by atoms with Crippen LogP contribution in [0, 0.1) is 0 Å². The standard InChI is InChI=1S/C26H32N2O3/c1-19(29)26(22-8-6-5-7-9-22)14-16-28(17-15-26)23(30)18-27-24(31)20-10-12-21(13-11-20)25(2,3)4/h5-13H,14-18H2,1-4H3,(H,27,31). The summed E-state index contributed by atoms with van der Waals surface area (Å²) in [5.41, 5.74) is 2.20. The summed E-state index contributed by atoms with van der Waals surface area (Å²) in [6.07, 6.45) is 1.20. The van der Waals surface area contributed by atoms with Crippen molar-refractivity contribution >= 4 is 17.6 Å². The first kappa shape index (κ1) is 22.7. The third kappa shape index (κ3) is 5.04. The Morgan fingerprint density at radius 3 is 2.03 bits per heavy atom. The van der Waals surface area contributed by atoms with Crippen LogP contribution in [0.1, 0.15) is 62.0 Å². The van der Waals surface area contributed by atoms with Crippen molar-refractivity contribution < 1.29 is 14.4 Å². The number of hydrogen-bond donors (Lipinski definition) is 1. The SMILES string of the molecule is CC(=O)C1(c2ccccc2)CCN(C(=O)CNC(=O)c2ccc(C(C)(C)C)cc2)CC1. The van der Waals surface area contributed by atoms with E-state index in [4.69, 9.17) is 0 Å². The molecule has 164 valence electrons. The van der Waals surface area contributed by atoms with Gasteiger partial charge in [0.1, 0.15) is 5.78 Å². The molecule has 0 atom stereocenters. The van der Waals surface area contributed by atoms with E-state index in [2.05, 4.69) is 26.1 Å². The Balaban J connectivity index is 1.56. The van der Waals surface area contributed by atoms with Crippen LogP contribution in [0.4, 0.5) is 0 Å². The van der Waals surface area contributed by atoms with E-state index in [0.29, 0.717) is 31.5 Å². The molecule has 0 radical (unpaired) electrons. The Labute approximate surface area is 184 Å². The molecule has 0 aliphatic carbocycles. The summed E-state index contributed by atoms with van der Waals surface area (Å²) in [5, 5.41) is 2.73. The van der Waals surface area contributed by atoms with E-state index in [1.165, 1.54) is 0 Å². The lowest BCUT2D eigenvalue weighted by Gasteiger charge is -2.40. The quantitative estimate of drug-likeness (QED) is 0.799. The number of hydrogen-bond acceptors (Lipinski definition) is 3. The lowest BCUT2D eigenvalue weighted by atomic mass is 9.70. The van der Waals surface area contributed by atoms with E-state index in [0.717, 1.165) is 11.1 Å². The highest BCUT2D eigenvalue weighted by Gasteiger charge is 2.41. The fraction of sp³-hybridized carbons (Fsp3) is 0.423. The number of nitrogens with one attached hydrogen (secondary N) is 1. The van der Waals surface area contributed by atoms with Gasteiger partial charge in [-0.3, -0.25) is 14.4 Å². The fourth-order valence-corrected chi connectivity index (χ4v) is 4.23. The number of Topliss-reactive ketones (excluding diaryl/α,β-unsaturated/α-hetero) is 1. The molecule has 2 aromatic carbocycles. The zero-order chi connectivity index (χ0) is 22.6. The maximum Gasteiger partial charge on any atom is 0.251 e. The summed E-state index contributed by atoms with van der Waals surface area (Å²) >= 11 is 0. The minimum absolute atomic E-state index is 0.0219. The number of benzene rings is 2. The molecule has 31 heavy (non-hydrogen) atoms. The molecule has 2 amide bonds. The highest BCUT2D eigenvalue weighted by Crippen LogP contribution is 2.36. The van der Waals surface area contributed by atoms with Crippen LogP contribution < -0.4 is 5.32 Å². The molecule has 0 aromatic heterocycles. The maximum absolute atomic E-state index is 12.7. The number of amides is 2. The van der Waals surface area contributed by atoms with Crippen molar-refractivity contribution in [2.45, 2.75) is 51.4 Å². The number of rotatable bonds is 5. The van der Waals surface area contributed by atoms with Gasteiger partial charge in [0.2, 0.25) is 5.91 Å². The van der Waals surface area contributed by atoms with Gasteiger partial charge < -0.3 is 10.2 Å². The summed E-state index contributed by atoms with van der Waals surface area (Å²) in [4.78, 5) is 39.3. The van der Waals surface area contributed by atoms with Gasteiger partial charge in [-0.15, -0.1) is 0 Å². The van der Waals surface area contributed by atoms with Gasteiger partial charge in [0.15, 0.2) is 0 Å². The van der Waals surface area contributed by atoms with Crippen LogP contribution in [0.5, 0.6) is 0 Å². The molecule has 1 heterocycles. The Hall–Kier alpha value is -2.95. The normalized spacial score (nSPS) is 15.9. The van der Waals surface area contributed by atoms with Crippen molar-refractivity contribution in [3.63, 3.8) is 0 Å². The minimum atomic E-state index is -0.532. The van der Waals surface area contributed by atoms with E-state index in [1.807, 2.05) is 42.5 Å². The van der Waals surface area contributed by atoms with Crippen molar-refractivity contribution in [2.24, 2.45) is 0 Å². The second-order valence-corrected chi connectivity index (χ2v) is 9.40. The molecule has 0 bridgehead atoms. The first-order valence-corrected chi connectivity index (χ1v) is 10.9. The van der Waals surface area contributed by atoms with E-state index in [-0.39, 0.29) is 29.6 Å². The molecule has 5 heteroatoms. The molecule has 0 saturated carbocycles. The zero-order valence-corrected chi connectivity index (χ0v) is 18.9. The third-order valence-electron chi connectivity index (χ3n) is 6.38. The van der Waals surface area contributed by atoms with Crippen LogP contribution in [0.2, 0.25) is 0 Å². The number of piperidine rings is 1. The van der Waals surface area contributed by atoms with Gasteiger partial charge in [0, 0.05) is 18.7 Å². The second-order valence-electron chi connectivity index (χ2n) is 9.40. The summed E-state index contributed by atoms with van der Waals surface area (Å²) in [7, 11) is 0. The number of ketones is 1. The lowest BCUT2D eigenvalue weighted by molar-refractivity contribution is -0.134. The van der Waals surface area contributed by atoms with Gasteiger partial charge in [0.05, 0.1) is 12.0 Å². The van der Waals surface area contributed by atoms with Crippen molar-refractivity contribution in [1.29, 1.82) is 0 Å². The molecule has 0 unspecified atom stereocenters. The smallest absolute Gasteiger partial charge is 0.251 e. The molecular weight excluding hydrogens is 388 g/mol. The molecular formula is C26H32N2O3. The van der Waals surface area contributed by atoms with Gasteiger partial charge in [-0.2, -0.15) is 0 Å². The van der Waals surface area contributed by atoms with Crippen LogP contribution in [0.3, 0.4) is 0 Å². The van der Waals surface area contributed by atoms with Crippen LogP contribution >= 0.6 is 0 Å². The highest BCUT2D eigenvalue weighted by molar-refractivity contribution is 5.96. The van der Waals surface area contributed by atoms with Crippen LogP contribution in [0.15, 0.2) is 54.6 Å². The van der Waals surface area contributed by atoms with Gasteiger partial charge in [-0.1, -0.05) is 63.2 Å². The summed E-state index contributed by atoms with van der Waals surface area (Å²) in [5.74, 6) is -0.240. The van der Waals surface area contributed by atoms with Gasteiger partial charge >= 0.3 is 0 Å². The molecule has 1 aliphatic heterocycles. The molecule has 2 aromatic rings. The van der Waals surface area contributed by atoms with E-state index >= 15 is 0 Å². The molecule has 0 spiro atoms. The summed E-state index contributed by atoms with van der Waals surface area (Å²) < 4.78 is 0. The topological polar surface area (TPSA) is 66.5 Å². The Bertz CT molecular complexity index is 935. The molecule has 3 rings (SSSR count). The van der Waals surface area contributed by atoms with Crippen LogP contribution in [-0.2, 0) is 20.4 Å². The van der Waals surface area contributed by atoms with Crippen molar-refractivity contribution in [1.82, 2.24) is 10.2 Å². The zero-order valence-electron chi connectivity index (χ0n) is 18.9. The second kappa shape index (κ2) is 9.04. The summed E-state index contributed by atoms with van der Waals surface area (Å²) in [6, 6.07) is 17.3. The largest absolute Gasteiger partial charge is 0.343 e. The number of likely N-dealkylation sites (tertiary alicyclic amines) is 1. The maximum atomic E-state index is 12.7. The monoisotopic (exact) mass is 420 g/mol. The molecule has 1 aliphatic rings. The molecule has 1 fully saturated rings. The van der Waals surface area contributed by atoms with Gasteiger partial charge in [-0.25, -0.2) is 0 Å². The molecule has 1 saturated heterocycles. The average molecular weight is 421 g/mol. The number of carbonyl (C=O) groups excluding carboxylic acids is 3. The highest BCUT2D eigenvalue weighted by atomic mass is 16.2. The first-order valence-electron chi connectivity index (χ1n) is 10.9. The number of carbonyl (C=O) groups is 3. The number of nitrogens with zero attached hydrogens (tertiary/aromatic N) is 1. The van der Waals surface area contributed by atoms with Crippen LogP contribution in [-0.4, -0.2) is 42.1 Å². The van der Waals surface area contributed by atoms with Crippen molar-refractivity contribution in [3.8, 4) is 0 Å². The third-order valence-corrected chi connectivity index (χ3v) is 6.38. The van der Waals surface area contributed by atoms with Crippen molar-refractivity contribution in [3.05, 3.63) is 71.3 Å². The van der Waals surface area contributed by atoms with E-state index in [1.54, 1.807) is 24.0 Å². The Morgan fingerprint density at radius 2 is 1.52 bits per heavy atom. The van der Waals surface area contributed by atoms with Gasteiger partial charge in [-0.05, 0) is 48.4 Å². The first-order chi connectivity index (χ1) is 14.6. The van der Waals surface area contributed by atoms with Crippen molar-refractivity contribution in [2.75, 3.05) is 19.6 Å². The minimum Gasteiger partial charge on any atom is -0.343 e. The summed E-state index contributed by atoms with van der Waals surface area (Å²) in [6.45, 7) is 8.97. The van der Waals surface area contributed by atoms with Gasteiger partial charge in [0.25, 0.3) is 5.91 Å². The average Bonchev–Trinajstić information content (AvgIpc) is 2.77.